The molecule has 7 heteroatoms. The summed E-state index contributed by atoms with van der Waals surface area (Å²) in [5.41, 5.74) is 9.78. The summed E-state index contributed by atoms with van der Waals surface area (Å²) in [6.07, 6.45) is 8.51. The van der Waals surface area contributed by atoms with E-state index < -0.39 is 0 Å². The van der Waals surface area contributed by atoms with E-state index in [2.05, 4.69) is 45.4 Å². The van der Waals surface area contributed by atoms with Crippen LogP contribution in [0.5, 0.6) is 0 Å². The fourth-order valence-electron chi connectivity index (χ4n) is 4.38. The van der Waals surface area contributed by atoms with E-state index in [1.807, 2.05) is 13.1 Å². The largest absolute Gasteiger partial charge is 0.342 e. The highest BCUT2D eigenvalue weighted by atomic mass is 16.2. The molecule has 35 heavy (non-hydrogen) atoms. The number of nitrogens with one attached hydrogen (secondary N) is 3. The minimum Gasteiger partial charge on any atom is -0.342 e. The number of rotatable bonds is 10. The maximum Gasteiger partial charge on any atom is 0.257 e. The van der Waals surface area contributed by atoms with Gasteiger partial charge in [-0.15, -0.1) is 0 Å². The molecule has 2 heterocycles. The summed E-state index contributed by atoms with van der Waals surface area (Å²) in [6.45, 7) is 0.702. The van der Waals surface area contributed by atoms with Crippen LogP contribution in [0.4, 0.5) is 5.69 Å². The van der Waals surface area contributed by atoms with Gasteiger partial charge in [-0.05, 0) is 55.2 Å². The van der Waals surface area contributed by atoms with Gasteiger partial charge in [-0.25, -0.2) is 0 Å². The van der Waals surface area contributed by atoms with Gasteiger partial charge in [0.2, 0.25) is 0 Å². The lowest BCUT2D eigenvalue weighted by molar-refractivity contribution is 0.0792. The van der Waals surface area contributed by atoms with Crippen LogP contribution >= 0.6 is 0 Å². The highest BCUT2D eigenvalue weighted by molar-refractivity contribution is 6.04. The van der Waals surface area contributed by atoms with Gasteiger partial charge in [0.05, 0.1) is 5.56 Å². The van der Waals surface area contributed by atoms with E-state index in [0.29, 0.717) is 35.4 Å². The topological polar surface area (TPSA) is 86.4 Å². The molecule has 0 saturated carbocycles. The summed E-state index contributed by atoms with van der Waals surface area (Å²) in [4.78, 5) is 31.0. The number of hydrogen-bond donors (Lipinski definition) is 3. The normalized spacial score (nSPS) is 17.2. The summed E-state index contributed by atoms with van der Waals surface area (Å²) in [7, 11) is 1.83. The third-order valence-electron chi connectivity index (χ3n) is 6.37. The average Bonchev–Trinajstić information content (AvgIpc) is 3.38. The Balaban J connectivity index is 1.17. The second kappa shape index (κ2) is 12.2. The number of amides is 2. The number of hydrazine groups is 1. The minimum absolute atomic E-state index is 0.0464. The molecule has 0 spiro atoms. The molecule has 0 bridgehead atoms. The molecule has 2 aromatic carbocycles. The van der Waals surface area contributed by atoms with Gasteiger partial charge in [0.15, 0.2) is 0 Å². The summed E-state index contributed by atoms with van der Waals surface area (Å²) in [5, 5.41) is 2.83. The Labute approximate surface area is 206 Å². The Bertz CT molecular complexity index is 1110. The predicted octanol–water partition coefficient (Wildman–Crippen LogP) is 4.57. The van der Waals surface area contributed by atoms with Crippen LogP contribution in [0.25, 0.3) is 0 Å². The molecular weight excluding hydrogens is 438 g/mol. The molecule has 1 saturated heterocycles. The molecule has 2 atom stereocenters. The first-order valence-electron chi connectivity index (χ1n) is 12.2. The van der Waals surface area contributed by atoms with Crippen LogP contribution in [0.2, 0.25) is 0 Å². The standard InChI is InChI=1S/C28H33N5O2/c1-33(17-7-3-6-14-25-19-26(32-31-25)21-10-4-2-5-11-21)28(35)22-12-8-15-24(18-22)30-27(34)23-13-9-16-29-20-23/h2,4-5,8-13,15-16,18,20,25-26,31-32H,3,6-7,14,17,19H2,1H3,(H,30,34). The molecular formula is C28H33N5O2. The maximum atomic E-state index is 12.9. The second-order valence-corrected chi connectivity index (χ2v) is 9.04. The number of benzene rings is 2. The van der Waals surface area contributed by atoms with Crippen LogP contribution in [0.3, 0.4) is 0 Å². The maximum absolute atomic E-state index is 12.9. The van der Waals surface area contributed by atoms with Gasteiger partial charge in [-0.2, -0.15) is 0 Å². The second-order valence-electron chi connectivity index (χ2n) is 9.04. The fraction of sp³-hybridized carbons (Fsp3) is 0.321. The lowest BCUT2D eigenvalue weighted by Crippen LogP contribution is -2.30. The molecule has 2 amide bonds. The van der Waals surface area contributed by atoms with Crippen molar-refractivity contribution >= 4 is 17.5 Å². The summed E-state index contributed by atoms with van der Waals surface area (Å²) in [6, 6.07) is 21.9. The first kappa shape index (κ1) is 24.6. The Kier molecular flexibility index (Phi) is 8.59. The summed E-state index contributed by atoms with van der Waals surface area (Å²) >= 11 is 0. The Morgan fingerprint density at radius 3 is 2.60 bits per heavy atom. The van der Waals surface area contributed by atoms with Gasteiger partial charge in [-0.3, -0.25) is 25.4 Å². The quantitative estimate of drug-likeness (QED) is 0.377. The van der Waals surface area contributed by atoms with Crippen molar-refractivity contribution in [1.29, 1.82) is 0 Å². The molecule has 1 fully saturated rings. The predicted molar refractivity (Wildman–Crippen MR) is 138 cm³/mol. The fourth-order valence-corrected chi connectivity index (χ4v) is 4.38. The number of nitrogens with zero attached hydrogens (tertiary/aromatic N) is 2. The lowest BCUT2D eigenvalue weighted by Gasteiger charge is -2.18. The molecule has 3 aromatic rings. The number of hydrogen-bond acceptors (Lipinski definition) is 5. The van der Waals surface area contributed by atoms with Crippen LogP contribution in [0, 0.1) is 0 Å². The molecule has 182 valence electrons. The van der Waals surface area contributed by atoms with E-state index >= 15 is 0 Å². The van der Waals surface area contributed by atoms with Gasteiger partial charge < -0.3 is 10.2 Å². The zero-order chi connectivity index (χ0) is 24.5. The van der Waals surface area contributed by atoms with Crippen LogP contribution in [0.1, 0.15) is 64.4 Å². The molecule has 1 aromatic heterocycles. The van der Waals surface area contributed by atoms with Crippen molar-refractivity contribution in [2.24, 2.45) is 0 Å². The van der Waals surface area contributed by atoms with Crippen LogP contribution in [-0.4, -0.2) is 41.3 Å². The number of carbonyl (C=O) groups excluding carboxylic acids is 2. The van der Waals surface area contributed by atoms with Crippen molar-refractivity contribution in [3.8, 4) is 0 Å². The molecule has 3 N–H and O–H groups in total. The molecule has 7 nitrogen and oxygen atoms in total. The number of carbonyl (C=O) groups is 2. The van der Waals surface area contributed by atoms with Crippen molar-refractivity contribution < 1.29 is 9.59 Å². The number of aromatic nitrogens is 1. The average molecular weight is 472 g/mol. The number of anilines is 1. The van der Waals surface area contributed by atoms with Crippen molar-refractivity contribution in [3.05, 3.63) is 95.8 Å². The smallest absolute Gasteiger partial charge is 0.257 e. The Hall–Kier alpha value is -3.55. The van der Waals surface area contributed by atoms with E-state index in [4.69, 9.17) is 0 Å². The highest BCUT2D eigenvalue weighted by Gasteiger charge is 2.24. The Morgan fingerprint density at radius 2 is 1.80 bits per heavy atom. The van der Waals surface area contributed by atoms with Gasteiger partial charge in [0.25, 0.3) is 11.8 Å². The van der Waals surface area contributed by atoms with E-state index in [1.54, 1.807) is 47.5 Å². The lowest BCUT2D eigenvalue weighted by atomic mass is 9.99. The summed E-state index contributed by atoms with van der Waals surface area (Å²) < 4.78 is 0. The van der Waals surface area contributed by atoms with E-state index in [0.717, 1.165) is 32.1 Å². The molecule has 4 rings (SSSR count). The Morgan fingerprint density at radius 1 is 0.971 bits per heavy atom. The van der Waals surface area contributed by atoms with Gasteiger partial charge in [0.1, 0.15) is 0 Å². The van der Waals surface area contributed by atoms with Crippen molar-refractivity contribution in [2.45, 2.75) is 44.2 Å². The molecule has 1 aliphatic rings. The minimum atomic E-state index is -0.252. The number of pyridine rings is 1. The molecule has 1 aliphatic heterocycles. The first-order valence-corrected chi connectivity index (χ1v) is 12.2. The first-order chi connectivity index (χ1) is 17.1. The van der Waals surface area contributed by atoms with Gasteiger partial charge >= 0.3 is 0 Å². The van der Waals surface area contributed by atoms with Crippen molar-refractivity contribution in [3.63, 3.8) is 0 Å². The monoisotopic (exact) mass is 471 g/mol. The van der Waals surface area contributed by atoms with E-state index in [9.17, 15) is 9.59 Å². The zero-order valence-electron chi connectivity index (χ0n) is 20.1. The SMILES string of the molecule is CN(CCCCCC1CC(c2ccccc2)NN1)C(=O)c1cccc(NC(=O)c2cccnc2)c1. The molecule has 0 aliphatic carbocycles. The number of unbranched alkanes of at least 4 members (excludes halogenated alkanes) is 2. The molecule has 0 radical (unpaired) electrons. The van der Waals surface area contributed by atoms with Crippen molar-refractivity contribution in [2.75, 3.05) is 18.9 Å². The van der Waals surface area contributed by atoms with Crippen LogP contribution in [-0.2, 0) is 0 Å². The van der Waals surface area contributed by atoms with E-state index in [-0.39, 0.29) is 11.8 Å². The van der Waals surface area contributed by atoms with E-state index in [1.165, 1.54) is 11.8 Å². The van der Waals surface area contributed by atoms with Crippen LogP contribution < -0.4 is 16.2 Å². The van der Waals surface area contributed by atoms with Gasteiger partial charge in [-0.1, -0.05) is 49.2 Å². The third kappa shape index (κ3) is 6.97. The third-order valence-corrected chi connectivity index (χ3v) is 6.37. The summed E-state index contributed by atoms with van der Waals surface area (Å²) in [5.74, 6) is -0.298. The van der Waals surface area contributed by atoms with Crippen molar-refractivity contribution in [1.82, 2.24) is 20.7 Å². The molecule has 2 unspecified atom stereocenters. The highest BCUT2D eigenvalue weighted by Crippen LogP contribution is 2.24. The zero-order valence-corrected chi connectivity index (χ0v) is 20.1. The van der Waals surface area contributed by atoms with Crippen LogP contribution in [0.15, 0.2) is 79.1 Å². The van der Waals surface area contributed by atoms with Gasteiger partial charge in [0, 0.05) is 49.3 Å².